The number of carbonyl (C=O) groups excluding carboxylic acids is 1. The third-order valence-electron chi connectivity index (χ3n) is 4.35. The van der Waals surface area contributed by atoms with Gasteiger partial charge in [-0.25, -0.2) is 0 Å². The average molecular weight is 305 g/mol. The Morgan fingerprint density at radius 3 is 2.00 bits per heavy atom. The molecule has 1 aromatic rings. The van der Waals surface area contributed by atoms with Crippen LogP contribution in [0.3, 0.4) is 0 Å². The molecule has 1 aliphatic heterocycles. The molecule has 1 heterocycles. The highest BCUT2D eigenvalue weighted by Gasteiger charge is 2.36. The first kappa shape index (κ1) is 18.7. The molecule has 0 spiro atoms. The zero-order valence-electron chi connectivity index (χ0n) is 14.7. The summed E-state index contributed by atoms with van der Waals surface area (Å²) >= 11 is 0. The first-order valence-electron chi connectivity index (χ1n) is 8.75. The van der Waals surface area contributed by atoms with E-state index in [1.54, 1.807) is 0 Å². The molecule has 1 aromatic carbocycles. The van der Waals surface area contributed by atoms with Crippen molar-refractivity contribution in [2.45, 2.75) is 78.4 Å². The number of nitrogens with zero attached hydrogens (tertiary/aromatic N) is 1. The van der Waals surface area contributed by atoms with Crippen LogP contribution in [-0.4, -0.2) is 17.1 Å². The van der Waals surface area contributed by atoms with Gasteiger partial charge in [-0.3, -0.25) is 4.79 Å². The Morgan fingerprint density at radius 2 is 1.64 bits per heavy atom. The number of anilines is 1. The molecule has 2 fully saturated rings. The van der Waals surface area contributed by atoms with Gasteiger partial charge in [0.05, 0.1) is 5.60 Å². The van der Waals surface area contributed by atoms with Gasteiger partial charge in [-0.2, -0.15) is 0 Å². The van der Waals surface area contributed by atoms with Crippen molar-refractivity contribution in [3.63, 3.8) is 0 Å². The first-order valence-corrected chi connectivity index (χ1v) is 8.75. The van der Waals surface area contributed by atoms with Gasteiger partial charge in [0.15, 0.2) is 0 Å². The number of benzene rings is 1. The van der Waals surface area contributed by atoms with E-state index in [-0.39, 0.29) is 11.9 Å². The van der Waals surface area contributed by atoms with Gasteiger partial charge in [-0.05, 0) is 50.3 Å². The predicted octanol–water partition coefficient (Wildman–Crippen LogP) is 4.63. The summed E-state index contributed by atoms with van der Waals surface area (Å²) in [6.07, 6.45) is 4.38. The van der Waals surface area contributed by atoms with E-state index in [0.717, 1.165) is 36.9 Å². The van der Waals surface area contributed by atoms with E-state index in [0.29, 0.717) is 6.42 Å². The van der Waals surface area contributed by atoms with E-state index in [1.807, 2.05) is 56.9 Å². The molecule has 2 aliphatic rings. The molecule has 1 saturated carbocycles. The Bertz CT molecular complexity index is 463. The molecular weight excluding hydrogens is 274 g/mol. The lowest BCUT2D eigenvalue weighted by Crippen LogP contribution is -2.34. The fraction of sp³-hybridized carbons (Fsp3) is 0.632. The maximum Gasteiger partial charge on any atom is 0.227 e. The summed E-state index contributed by atoms with van der Waals surface area (Å²) in [5, 5.41) is 10.3. The van der Waals surface area contributed by atoms with Crippen LogP contribution in [0, 0.1) is 0 Å². The van der Waals surface area contributed by atoms with Crippen LogP contribution in [0.4, 0.5) is 5.69 Å². The van der Waals surface area contributed by atoms with Crippen molar-refractivity contribution in [1.82, 2.24) is 0 Å². The zero-order chi connectivity index (χ0) is 16.8. The van der Waals surface area contributed by atoms with Crippen LogP contribution in [0.15, 0.2) is 24.3 Å². The van der Waals surface area contributed by atoms with Crippen molar-refractivity contribution < 1.29 is 9.90 Å². The van der Waals surface area contributed by atoms with Crippen molar-refractivity contribution in [2.24, 2.45) is 0 Å². The SMILES string of the molecule is CC.CC.C[C@@H]1CCC(=O)N1c1ccc(C2(O)CCC2)cc1. The normalized spacial score (nSPS) is 22.0. The Hall–Kier alpha value is -1.35. The summed E-state index contributed by atoms with van der Waals surface area (Å²) in [7, 11) is 0. The van der Waals surface area contributed by atoms with E-state index in [4.69, 9.17) is 0 Å². The number of amides is 1. The molecule has 1 N–H and O–H groups in total. The Labute approximate surface area is 135 Å². The van der Waals surface area contributed by atoms with Crippen LogP contribution in [0.25, 0.3) is 0 Å². The van der Waals surface area contributed by atoms with Gasteiger partial charge in [0.25, 0.3) is 0 Å². The number of hydrogen-bond acceptors (Lipinski definition) is 2. The molecule has 1 amide bonds. The van der Waals surface area contributed by atoms with Crippen LogP contribution in [-0.2, 0) is 10.4 Å². The third kappa shape index (κ3) is 3.70. The molecule has 3 rings (SSSR count). The molecule has 3 nitrogen and oxygen atoms in total. The van der Waals surface area contributed by atoms with E-state index in [1.165, 1.54) is 0 Å². The molecular formula is C19H31NO2. The number of rotatable bonds is 2. The van der Waals surface area contributed by atoms with Crippen LogP contribution in [0.1, 0.15) is 72.3 Å². The van der Waals surface area contributed by atoms with Crippen LogP contribution >= 0.6 is 0 Å². The van der Waals surface area contributed by atoms with Crippen molar-refractivity contribution in [2.75, 3.05) is 4.90 Å². The summed E-state index contributed by atoms with van der Waals surface area (Å²) in [5.74, 6) is 0.206. The van der Waals surface area contributed by atoms with Gasteiger partial charge < -0.3 is 10.0 Å². The lowest BCUT2D eigenvalue weighted by molar-refractivity contribution is -0.117. The fourth-order valence-corrected chi connectivity index (χ4v) is 2.96. The number of carbonyl (C=O) groups is 1. The lowest BCUT2D eigenvalue weighted by atomic mass is 9.75. The van der Waals surface area contributed by atoms with Crippen molar-refractivity contribution in [3.8, 4) is 0 Å². The summed E-state index contributed by atoms with van der Waals surface area (Å²) in [6.45, 7) is 10.1. The van der Waals surface area contributed by atoms with Gasteiger partial charge >= 0.3 is 0 Å². The third-order valence-corrected chi connectivity index (χ3v) is 4.35. The monoisotopic (exact) mass is 305 g/mol. The van der Waals surface area contributed by atoms with Gasteiger partial charge in [0, 0.05) is 18.2 Å². The van der Waals surface area contributed by atoms with Crippen LogP contribution in [0.5, 0.6) is 0 Å². The lowest BCUT2D eigenvalue weighted by Gasteiger charge is -2.37. The predicted molar refractivity (Wildman–Crippen MR) is 93.1 cm³/mol. The van der Waals surface area contributed by atoms with Gasteiger partial charge in [-0.1, -0.05) is 39.8 Å². The van der Waals surface area contributed by atoms with Gasteiger partial charge in [0.1, 0.15) is 0 Å². The maximum absolute atomic E-state index is 11.8. The smallest absolute Gasteiger partial charge is 0.227 e. The Morgan fingerprint density at radius 1 is 1.09 bits per heavy atom. The minimum absolute atomic E-state index is 0.206. The van der Waals surface area contributed by atoms with E-state index in [2.05, 4.69) is 6.92 Å². The molecule has 0 radical (unpaired) electrons. The maximum atomic E-state index is 11.8. The molecule has 1 aliphatic carbocycles. The summed E-state index contributed by atoms with van der Waals surface area (Å²) < 4.78 is 0. The van der Waals surface area contributed by atoms with E-state index in [9.17, 15) is 9.90 Å². The molecule has 1 saturated heterocycles. The first-order chi connectivity index (χ1) is 10.6. The van der Waals surface area contributed by atoms with Crippen molar-refractivity contribution in [1.29, 1.82) is 0 Å². The summed E-state index contributed by atoms with van der Waals surface area (Å²) in [5.41, 5.74) is 1.33. The minimum atomic E-state index is -0.612. The van der Waals surface area contributed by atoms with E-state index >= 15 is 0 Å². The Kier molecular flexibility index (Phi) is 7.08. The molecule has 0 bridgehead atoms. The molecule has 0 aromatic heterocycles. The highest BCUT2D eigenvalue weighted by Crippen LogP contribution is 2.41. The zero-order valence-corrected chi connectivity index (χ0v) is 14.7. The molecule has 3 heteroatoms. The highest BCUT2D eigenvalue weighted by atomic mass is 16.3. The van der Waals surface area contributed by atoms with Crippen LogP contribution in [0.2, 0.25) is 0 Å². The summed E-state index contributed by atoms with van der Waals surface area (Å²) in [4.78, 5) is 13.7. The molecule has 1 atom stereocenters. The topological polar surface area (TPSA) is 40.5 Å². The second-order valence-corrected chi connectivity index (χ2v) is 5.58. The van der Waals surface area contributed by atoms with Crippen molar-refractivity contribution >= 4 is 11.6 Å². The van der Waals surface area contributed by atoms with Gasteiger partial charge in [0.2, 0.25) is 5.91 Å². The molecule has 0 unspecified atom stereocenters. The van der Waals surface area contributed by atoms with E-state index < -0.39 is 5.60 Å². The van der Waals surface area contributed by atoms with Crippen molar-refractivity contribution in [3.05, 3.63) is 29.8 Å². The number of aliphatic hydroxyl groups is 1. The fourth-order valence-electron chi connectivity index (χ4n) is 2.96. The average Bonchev–Trinajstić information content (AvgIpc) is 2.88. The second kappa shape index (κ2) is 8.33. The van der Waals surface area contributed by atoms with Crippen LogP contribution < -0.4 is 4.90 Å². The van der Waals surface area contributed by atoms with Gasteiger partial charge in [-0.15, -0.1) is 0 Å². The summed E-state index contributed by atoms with van der Waals surface area (Å²) in [6, 6.07) is 8.14. The largest absolute Gasteiger partial charge is 0.385 e. The quantitative estimate of drug-likeness (QED) is 0.865. The minimum Gasteiger partial charge on any atom is -0.385 e. The second-order valence-electron chi connectivity index (χ2n) is 5.58. The highest BCUT2D eigenvalue weighted by molar-refractivity contribution is 5.96. The molecule has 124 valence electrons. The Balaban J connectivity index is 0.000000561. The standard InChI is InChI=1S/C15H19NO2.2C2H6/c1-11-3-8-14(17)16(11)13-6-4-12(5-7-13)15(18)9-2-10-15;2*1-2/h4-7,11,18H,2-3,8-10H2,1H3;2*1-2H3/t11-;;/m1../s1. The molecule has 22 heavy (non-hydrogen) atoms. The number of hydrogen-bond donors (Lipinski definition) is 1.